The summed E-state index contributed by atoms with van der Waals surface area (Å²) in [6, 6.07) is 10.5. The van der Waals surface area contributed by atoms with Crippen LogP contribution in [0.4, 0.5) is 0 Å². The first-order valence-corrected chi connectivity index (χ1v) is 11.1. The molecule has 7 heteroatoms. The van der Waals surface area contributed by atoms with Crippen LogP contribution in [0, 0.1) is 0 Å². The van der Waals surface area contributed by atoms with Gasteiger partial charge in [-0.3, -0.25) is 9.69 Å². The second-order valence-corrected chi connectivity index (χ2v) is 8.26. The lowest BCUT2D eigenvalue weighted by Crippen LogP contribution is -2.48. The highest BCUT2D eigenvalue weighted by Crippen LogP contribution is 2.33. The molecule has 0 spiro atoms. The molecule has 4 nitrogen and oxygen atoms in total. The van der Waals surface area contributed by atoms with E-state index in [0.717, 1.165) is 47.5 Å². The average molecular weight is 380 g/mol. The highest BCUT2D eigenvalue weighted by atomic mass is 32.2. The maximum Gasteiger partial charge on any atom is 0.258 e. The van der Waals surface area contributed by atoms with Crippen LogP contribution < -0.4 is 0 Å². The largest absolute Gasteiger partial charge is 0.336 e. The minimum absolute atomic E-state index is 0.136. The van der Waals surface area contributed by atoms with Crippen molar-refractivity contribution in [2.45, 2.75) is 15.8 Å². The minimum atomic E-state index is 0.136. The zero-order chi connectivity index (χ0) is 16.9. The van der Waals surface area contributed by atoms with Crippen LogP contribution in [0.1, 0.15) is 15.9 Å². The summed E-state index contributed by atoms with van der Waals surface area (Å²) in [5, 5.41) is 0.862. The van der Waals surface area contributed by atoms with Gasteiger partial charge in [0.1, 0.15) is 5.03 Å². The van der Waals surface area contributed by atoms with Gasteiger partial charge >= 0.3 is 0 Å². The Balaban J connectivity index is 1.62. The maximum atomic E-state index is 12.9. The number of carbonyl (C=O) groups excluding carboxylic acids is 1. The van der Waals surface area contributed by atoms with Crippen molar-refractivity contribution in [2.75, 3.05) is 38.7 Å². The molecule has 1 fully saturated rings. The lowest BCUT2D eigenvalue weighted by Gasteiger charge is -2.34. The first-order chi connectivity index (χ1) is 11.7. The Morgan fingerprint density at radius 2 is 1.83 bits per heavy atom. The molecule has 0 bridgehead atoms. The molecule has 0 N–H and O–H groups in total. The predicted molar refractivity (Wildman–Crippen MR) is 103 cm³/mol. The van der Waals surface area contributed by atoms with Crippen LogP contribution in [-0.2, 0) is 6.54 Å². The van der Waals surface area contributed by atoms with Gasteiger partial charge in [0.05, 0.1) is 9.77 Å². The average Bonchev–Trinajstić information content (AvgIpc) is 3.05. The van der Waals surface area contributed by atoms with Crippen molar-refractivity contribution in [2.24, 2.45) is 0 Å². The number of rotatable bonds is 5. The van der Waals surface area contributed by atoms with E-state index in [1.165, 1.54) is 17.1 Å². The molecule has 3 rings (SSSR count). The molecule has 1 aliphatic rings. The van der Waals surface area contributed by atoms with E-state index in [1.807, 2.05) is 23.5 Å². The summed E-state index contributed by atoms with van der Waals surface area (Å²) >= 11 is 4.60. The Morgan fingerprint density at radius 1 is 1.12 bits per heavy atom. The van der Waals surface area contributed by atoms with Gasteiger partial charge in [-0.15, -0.1) is 23.5 Å². The molecule has 0 unspecified atom stereocenters. The van der Waals surface area contributed by atoms with Crippen molar-refractivity contribution in [3.8, 4) is 0 Å². The third kappa shape index (κ3) is 3.96. The van der Waals surface area contributed by atoms with Crippen molar-refractivity contribution in [1.29, 1.82) is 0 Å². The first kappa shape index (κ1) is 17.8. The third-order valence-electron chi connectivity index (χ3n) is 4.13. The molecular formula is C17H21N3OS3. The number of hydrogen-bond donors (Lipinski definition) is 0. The summed E-state index contributed by atoms with van der Waals surface area (Å²) in [5.41, 5.74) is 2.13. The van der Waals surface area contributed by atoms with Crippen LogP contribution >= 0.6 is 35.1 Å². The molecule has 1 aromatic carbocycles. The standard InChI is InChI=1S/C17H21N3OS3/c1-22-15-14(17(23-2)24-18-15)16(21)20-10-8-19(9-11-20)12-13-6-4-3-5-7-13/h3-7H,8-12H2,1-2H3. The Morgan fingerprint density at radius 3 is 2.46 bits per heavy atom. The summed E-state index contributed by atoms with van der Waals surface area (Å²) in [7, 11) is 0. The second kappa shape index (κ2) is 8.38. The molecule has 1 amide bonds. The number of nitrogens with zero attached hydrogens (tertiary/aromatic N) is 3. The number of carbonyl (C=O) groups is 1. The van der Waals surface area contributed by atoms with Crippen molar-refractivity contribution < 1.29 is 4.79 Å². The van der Waals surface area contributed by atoms with E-state index in [9.17, 15) is 4.79 Å². The number of benzene rings is 1. The topological polar surface area (TPSA) is 36.4 Å². The predicted octanol–water partition coefficient (Wildman–Crippen LogP) is 3.54. The van der Waals surface area contributed by atoms with Crippen LogP contribution in [0.3, 0.4) is 0 Å². The Bertz CT molecular complexity index is 660. The fraction of sp³-hybridized carbons (Fsp3) is 0.412. The molecule has 128 valence electrons. The SMILES string of the molecule is CSc1nsc(SC)c1C(=O)N1CCN(Cc2ccccc2)CC1. The third-order valence-corrected chi connectivity index (χ3v) is 6.87. The van der Waals surface area contributed by atoms with Gasteiger partial charge in [-0.1, -0.05) is 30.3 Å². The second-order valence-electron chi connectivity index (χ2n) is 5.61. The summed E-state index contributed by atoms with van der Waals surface area (Å²) in [4.78, 5) is 17.3. The molecule has 0 atom stereocenters. The zero-order valence-corrected chi connectivity index (χ0v) is 16.3. The number of thioether (sulfide) groups is 2. The fourth-order valence-electron chi connectivity index (χ4n) is 2.83. The molecule has 1 aromatic heterocycles. The van der Waals surface area contributed by atoms with Crippen LogP contribution in [0.25, 0.3) is 0 Å². The van der Waals surface area contributed by atoms with E-state index < -0.39 is 0 Å². The number of amides is 1. The van der Waals surface area contributed by atoms with Gasteiger partial charge in [-0.05, 0) is 29.6 Å². The summed E-state index contributed by atoms with van der Waals surface area (Å²) < 4.78 is 5.44. The molecule has 0 saturated carbocycles. The van der Waals surface area contributed by atoms with Crippen LogP contribution in [-0.4, -0.2) is 58.8 Å². The lowest BCUT2D eigenvalue weighted by atomic mass is 10.2. The number of aromatic nitrogens is 1. The van der Waals surface area contributed by atoms with Crippen LogP contribution in [0.15, 0.2) is 39.6 Å². The molecule has 0 radical (unpaired) electrons. The quantitative estimate of drug-likeness (QED) is 0.743. The molecule has 24 heavy (non-hydrogen) atoms. The number of piperazine rings is 1. The smallest absolute Gasteiger partial charge is 0.258 e. The van der Waals surface area contributed by atoms with E-state index in [0.29, 0.717) is 0 Å². The molecule has 0 aliphatic carbocycles. The monoisotopic (exact) mass is 379 g/mol. The number of hydrogen-bond acceptors (Lipinski definition) is 6. The van der Waals surface area contributed by atoms with Gasteiger partial charge < -0.3 is 4.90 Å². The molecule has 2 heterocycles. The van der Waals surface area contributed by atoms with Crippen molar-refractivity contribution in [3.63, 3.8) is 0 Å². The van der Waals surface area contributed by atoms with E-state index in [-0.39, 0.29) is 5.91 Å². The van der Waals surface area contributed by atoms with E-state index in [1.54, 1.807) is 23.5 Å². The molecule has 1 saturated heterocycles. The minimum Gasteiger partial charge on any atom is -0.336 e. The van der Waals surface area contributed by atoms with Gasteiger partial charge in [-0.2, -0.15) is 4.37 Å². The Kier molecular flexibility index (Phi) is 6.21. The van der Waals surface area contributed by atoms with Crippen molar-refractivity contribution >= 4 is 41.0 Å². The highest BCUT2D eigenvalue weighted by Gasteiger charge is 2.27. The molecular weight excluding hydrogens is 358 g/mol. The summed E-state index contributed by atoms with van der Waals surface area (Å²) in [6.07, 6.45) is 3.99. The van der Waals surface area contributed by atoms with Crippen molar-refractivity contribution in [1.82, 2.24) is 14.2 Å². The Labute approximate surface area is 155 Å². The fourth-order valence-corrected chi connectivity index (χ4v) is 5.09. The first-order valence-electron chi connectivity index (χ1n) is 7.86. The maximum absolute atomic E-state index is 12.9. The summed E-state index contributed by atoms with van der Waals surface area (Å²) in [6.45, 7) is 4.35. The van der Waals surface area contributed by atoms with Gasteiger partial charge in [0.15, 0.2) is 0 Å². The van der Waals surface area contributed by atoms with Crippen molar-refractivity contribution in [3.05, 3.63) is 41.5 Å². The zero-order valence-electron chi connectivity index (χ0n) is 13.9. The van der Waals surface area contributed by atoms with E-state index in [4.69, 9.17) is 0 Å². The molecule has 1 aliphatic heterocycles. The van der Waals surface area contributed by atoms with Crippen LogP contribution in [0.5, 0.6) is 0 Å². The van der Waals surface area contributed by atoms with Gasteiger partial charge in [0.25, 0.3) is 5.91 Å². The van der Waals surface area contributed by atoms with Gasteiger partial charge in [0, 0.05) is 32.7 Å². The molecule has 2 aromatic rings. The highest BCUT2D eigenvalue weighted by molar-refractivity contribution is 8.01. The Hall–Kier alpha value is -1.02. The normalized spacial score (nSPS) is 15.7. The van der Waals surface area contributed by atoms with E-state index in [2.05, 4.69) is 33.5 Å². The van der Waals surface area contributed by atoms with Gasteiger partial charge in [-0.25, -0.2) is 0 Å². The van der Waals surface area contributed by atoms with Gasteiger partial charge in [0.2, 0.25) is 0 Å². The van der Waals surface area contributed by atoms with E-state index >= 15 is 0 Å². The summed E-state index contributed by atoms with van der Waals surface area (Å²) in [5.74, 6) is 0.136. The van der Waals surface area contributed by atoms with Crippen LogP contribution in [0.2, 0.25) is 0 Å². The lowest BCUT2D eigenvalue weighted by molar-refractivity contribution is 0.0622.